The van der Waals surface area contributed by atoms with E-state index in [9.17, 15) is 4.79 Å². The third-order valence-corrected chi connectivity index (χ3v) is 4.33. The Hall–Kier alpha value is -1.41. The van der Waals surface area contributed by atoms with E-state index in [1.54, 1.807) is 11.0 Å². The smallest absolute Gasteiger partial charge is 0.246 e. The zero-order valence-corrected chi connectivity index (χ0v) is 12.7. The lowest BCUT2D eigenvalue weighted by atomic mass is 10.2. The number of morpholine rings is 1. The number of imidazole rings is 1. The van der Waals surface area contributed by atoms with Crippen molar-refractivity contribution in [2.24, 2.45) is 0 Å². The number of halogens is 1. The van der Waals surface area contributed by atoms with E-state index in [2.05, 4.69) is 4.98 Å². The molecule has 1 N–H and O–H groups in total. The van der Waals surface area contributed by atoms with Crippen LogP contribution >= 0.6 is 22.9 Å². The van der Waals surface area contributed by atoms with Crippen LogP contribution in [0.15, 0.2) is 17.7 Å². The van der Waals surface area contributed by atoms with Gasteiger partial charge in [0, 0.05) is 30.7 Å². The Balaban J connectivity index is 1.74. The maximum Gasteiger partial charge on any atom is 0.246 e. The Morgan fingerprint density at radius 2 is 2.52 bits per heavy atom. The molecule has 0 saturated carbocycles. The highest BCUT2D eigenvalue weighted by molar-refractivity contribution is 7.15. The topological polar surface area (TPSA) is 67.1 Å². The predicted octanol–water partition coefficient (Wildman–Crippen LogP) is 1.28. The van der Waals surface area contributed by atoms with Crippen LogP contribution in [0, 0.1) is 0 Å². The summed E-state index contributed by atoms with van der Waals surface area (Å²) in [4.78, 5) is 18.8. The van der Waals surface area contributed by atoms with E-state index in [0.29, 0.717) is 30.5 Å². The number of carbonyl (C=O) groups excluding carboxylic acids is 1. The molecule has 2 aromatic rings. The van der Waals surface area contributed by atoms with E-state index in [-0.39, 0.29) is 18.6 Å². The minimum atomic E-state index is -0.307. The summed E-state index contributed by atoms with van der Waals surface area (Å²) in [5.74, 6) is -0.127. The van der Waals surface area contributed by atoms with Crippen molar-refractivity contribution in [3.63, 3.8) is 0 Å². The van der Waals surface area contributed by atoms with Gasteiger partial charge in [0.2, 0.25) is 5.91 Å². The van der Waals surface area contributed by atoms with Crippen LogP contribution in [0.25, 0.3) is 11.0 Å². The Morgan fingerprint density at radius 1 is 1.67 bits per heavy atom. The van der Waals surface area contributed by atoms with Gasteiger partial charge in [0.1, 0.15) is 0 Å². The lowest BCUT2D eigenvalue weighted by Gasteiger charge is -2.31. The van der Waals surface area contributed by atoms with Crippen molar-refractivity contribution >= 4 is 39.9 Å². The van der Waals surface area contributed by atoms with Crippen LogP contribution < -0.4 is 0 Å². The first-order chi connectivity index (χ1) is 10.2. The number of amides is 1. The standard InChI is InChI=1S/C13H14ClN3O3S/c14-12-10(17-4-6-21-13(17)15-12)1-2-11(19)16-3-5-20-9(7-16)8-18/h1-2,4,6,9,18H,3,5,7-8H2/b2-1+. The number of rotatable bonds is 3. The minimum absolute atomic E-state index is 0.0858. The monoisotopic (exact) mass is 327 g/mol. The molecule has 0 aliphatic carbocycles. The van der Waals surface area contributed by atoms with Crippen LogP contribution in [0.3, 0.4) is 0 Å². The molecule has 0 radical (unpaired) electrons. The average Bonchev–Trinajstić information content (AvgIpc) is 3.05. The summed E-state index contributed by atoms with van der Waals surface area (Å²) >= 11 is 7.55. The highest BCUT2D eigenvalue weighted by Crippen LogP contribution is 2.22. The normalized spacial score (nSPS) is 19.7. The molecule has 0 spiro atoms. The van der Waals surface area contributed by atoms with E-state index in [1.807, 2.05) is 16.0 Å². The number of aromatic nitrogens is 2. The first kappa shape index (κ1) is 14.5. The van der Waals surface area contributed by atoms with E-state index in [0.717, 1.165) is 4.96 Å². The van der Waals surface area contributed by atoms with E-state index < -0.39 is 0 Å². The van der Waals surface area contributed by atoms with E-state index in [1.165, 1.54) is 17.4 Å². The molecule has 8 heteroatoms. The molecule has 1 aliphatic rings. The Morgan fingerprint density at radius 3 is 3.33 bits per heavy atom. The number of hydrogen-bond donors (Lipinski definition) is 1. The lowest BCUT2D eigenvalue weighted by Crippen LogP contribution is -2.46. The van der Waals surface area contributed by atoms with Crippen LogP contribution in [0.4, 0.5) is 0 Å². The number of aliphatic hydroxyl groups excluding tert-OH is 1. The number of hydrogen-bond acceptors (Lipinski definition) is 5. The largest absolute Gasteiger partial charge is 0.394 e. The fourth-order valence-electron chi connectivity index (χ4n) is 2.21. The van der Waals surface area contributed by atoms with Crippen molar-refractivity contribution in [3.8, 4) is 0 Å². The summed E-state index contributed by atoms with van der Waals surface area (Å²) in [6.07, 6.45) is 4.70. The first-order valence-electron chi connectivity index (χ1n) is 6.49. The molecule has 1 atom stereocenters. The van der Waals surface area contributed by atoms with Crippen molar-refractivity contribution < 1.29 is 14.6 Å². The number of carbonyl (C=O) groups is 1. The van der Waals surface area contributed by atoms with Gasteiger partial charge in [-0.15, -0.1) is 11.3 Å². The van der Waals surface area contributed by atoms with Crippen LogP contribution in [0.5, 0.6) is 0 Å². The number of nitrogens with zero attached hydrogens (tertiary/aromatic N) is 3. The SMILES string of the molecule is O=C(/C=C/c1c(Cl)nc2sccn12)N1CCOC(CO)C1. The Bertz CT molecular complexity index is 681. The predicted molar refractivity (Wildman–Crippen MR) is 80.5 cm³/mol. The summed E-state index contributed by atoms with van der Waals surface area (Å²) in [6, 6.07) is 0. The molecule has 6 nitrogen and oxygen atoms in total. The second-order valence-electron chi connectivity index (χ2n) is 4.64. The second kappa shape index (κ2) is 6.15. The maximum absolute atomic E-state index is 12.2. The summed E-state index contributed by atoms with van der Waals surface area (Å²) in [7, 11) is 0. The van der Waals surface area contributed by atoms with Gasteiger partial charge in [0.25, 0.3) is 0 Å². The molecule has 21 heavy (non-hydrogen) atoms. The number of fused-ring (bicyclic) bond motifs is 1. The molecule has 2 aromatic heterocycles. The molecule has 1 amide bonds. The molecule has 3 heterocycles. The number of ether oxygens (including phenoxy) is 1. The fraction of sp³-hybridized carbons (Fsp3) is 0.385. The lowest BCUT2D eigenvalue weighted by molar-refractivity contribution is -0.134. The minimum Gasteiger partial charge on any atom is -0.394 e. The molecule has 1 unspecified atom stereocenters. The van der Waals surface area contributed by atoms with Gasteiger partial charge in [-0.1, -0.05) is 11.6 Å². The van der Waals surface area contributed by atoms with Gasteiger partial charge >= 0.3 is 0 Å². The van der Waals surface area contributed by atoms with Gasteiger partial charge in [0.05, 0.1) is 25.0 Å². The van der Waals surface area contributed by atoms with Gasteiger partial charge in [-0.05, 0) is 6.08 Å². The summed E-state index contributed by atoms with van der Waals surface area (Å²) in [6.45, 7) is 1.27. The molecule has 1 fully saturated rings. The first-order valence-corrected chi connectivity index (χ1v) is 7.75. The molecular weight excluding hydrogens is 314 g/mol. The molecule has 112 valence electrons. The van der Waals surface area contributed by atoms with Crippen molar-refractivity contribution in [1.82, 2.24) is 14.3 Å². The van der Waals surface area contributed by atoms with Crippen LogP contribution in [0.1, 0.15) is 5.69 Å². The quantitative estimate of drug-likeness (QED) is 0.862. The zero-order valence-electron chi connectivity index (χ0n) is 11.1. The summed E-state index contributed by atoms with van der Waals surface area (Å²) in [5.41, 5.74) is 0.688. The van der Waals surface area contributed by atoms with Gasteiger partial charge in [-0.2, -0.15) is 0 Å². The Kier molecular flexibility index (Phi) is 4.25. The van der Waals surface area contributed by atoms with Crippen molar-refractivity contribution in [2.75, 3.05) is 26.3 Å². The second-order valence-corrected chi connectivity index (χ2v) is 5.87. The van der Waals surface area contributed by atoms with Crippen LogP contribution in [-0.2, 0) is 9.53 Å². The van der Waals surface area contributed by atoms with Gasteiger partial charge < -0.3 is 14.7 Å². The molecular formula is C13H14ClN3O3S. The number of thiazole rings is 1. The highest BCUT2D eigenvalue weighted by Gasteiger charge is 2.22. The van der Waals surface area contributed by atoms with Crippen LogP contribution in [0.2, 0.25) is 5.15 Å². The van der Waals surface area contributed by atoms with Gasteiger partial charge in [-0.25, -0.2) is 4.98 Å². The maximum atomic E-state index is 12.2. The third kappa shape index (κ3) is 2.96. The number of aliphatic hydroxyl groups is 1. The van der Waals surface area contributed by atoms with Crippen LogP contribution in [-0.4, -0.2) is 57.7 Å². The highest BCUT2D eigenvalue weighted by atomic mass is 35.5. The van der Waals surface area contributed by atoms with Crippen molar-refractivity contribution in [1.29, 1.82) is 0 Å². The van der Waals surface area contributed by atoms with Crippen molar-refractivity contribution in [3.05, 3.63) is 28.5 Å². The molecule has 1 saturated heterocycles. The molecule has 0 bridgehead atoms. The summed E-state index contributed by atoms with van der Waals surface area (Å²) < 4.78 is 7.16. The van der Waals surface area contributed by atoms with Gasteiger partial charge in [0.15, 0.2) is 10.1 Å². The average molecular weight is 328 g/mol. The van der Waals surface area contributed by atoms with Gasteiger partial charge in [-0.3, -0.25) is 9.20 Å². The summed E-state index contributed by atoms with van der Waals surface area (Å²) in [5, 5.41) is 11.4. The van der Waals surface area contributed by atoms with E-state index in [4.69, 9.17) is 21.4 Å². The molecule has 0 aromatic carbocycles. The fourth-order valence-corrected chi connectivity index (χ4v) is 3.22. The molecule has 3 rings (SSSR count). The Labute approximate surface area is 130 Å². The van der Waals surface area contributed by atoms with E-state index >= 15 is 0 Å². The third-order valence-electron chi connectivity index (χ3n) is 3.29. The zero-order chi connectivity index (χ0) is 14.8. The van der Waals surface area contributed by atoms with Crippen molar-refractivity contribution in [2.45, 2.75) is 6.10 Å². The molecule has 1 aliphatic heterocycles.